The van der Waals surface area contributed by atoms with Crippen LogP contribution in [-0.4, -0.2) is 37.2 Å². The van der Waals surface area contributed by atoms with E-state index in [0.717, 1.165) is 38.1 Å². The zero-order valence-electron chi connectivity index (χ0n) is 12.1. The smallest absolute Gasteiger partial charge is 0.142 e. The summed E-state index contributed by atoms with van der Waals surface area (Å²) in [7, 11) is 0. The van der Waals surface area contributed by atoms with Gasteiger partial charge in [-0.15, -0.1) is 0 Å². The van der Waals surface area contributed by atoms with Gasteiger partial charge in [0.2, 0.25) is 0 Å². The van der Waals surface area contributed by atoms with Crippen molar-refractivity contribution < 1.29 is 4.74 Å². The normalized spacial score (nSPS) is 21.6. The van der Waals surface area contributed by atoms with E-state index in [0.29, 0.717) is 6.54 Å². The van der Waals surface area contributed by atoms with E-state index >= 15 is 0 Å². The van der Waals surface area contributed by atoms with Crippen LogP contribution in [0.25, 0.3) is 0 Å². The Morgan fingerprint density at radius 1 is 1.45 bits per heavy atom. The minimum absolute atomic E-state index is 0.286. The Morgan fingerprint density at radius 2 is 2.20 bits per heavy atom. The summed E-state index contributed by atoms with van der Waals surface area (Å²) in [6.07, 6.45) is 2.52. The maximum atomic E-state index is 9.51. The molecule has 0 aromatic heterocycles. The summed E-state index contributed by atoms with van der Waals surface area (Å²) < 4.78 is 5.67. The van der Waals surface area contributed by atoms with Crippen molar-refractivity contribution in [2.45, 2.75) is 31.4 Å². The van der Waals surface area contributed by atoms with Crippen molar-refractivity contribution in [2.24, 2.45) is 5.73 Å². The summed E-state index contributed by atoms with van der Waals surface area (Å²) in [5, 5.41) is 9.51. The van der Waals surface area contributed by atoms with E-state index in [1.807, 2.05) is 30.3 Å². The van der Waals surface area contributed by atoms with Crippen LogP contribution in [0.1, 0.15) is 25.3 Å². The molecular formula is C16H23N3O. The second-order valence-electron chi connectivity index (χ2n) is 5.41. The lowest BCUT2D eigenvalue weighted by atomic mass is 9.92. The molecule has 1 fully saturated rings. The van der Waals surface area contributed by atoms with Gasteiger partial charge in [-0.05, 0) is 24.9 Å². The first kappa shape index (κ1) is 15.0. The second kappa shape index (κ2) is 6.85. The molecule has 0 saturated carbocycles. The fourth-order valence-corrected chi connectivity index (χ4v) is 2.66. The third-order valence-corrected chi connectivity index (χ3v) is 3.89. The third-order valence-electron chi connectivity index (χ3n) is 3.89. The van der Waals surface area contributed by atoms with Gasteiger partial charge in [0, 0.05) is 19.7 Å². The van der Waals surface area contributed by atoms with Gasteiger partial charge in [0.1, 0.15) is 5.54 Å². The zero-order valence-corrected chi connectivity index (χ0v) is 12.1. The van der Waals surface area contributed by atoms with Crippen molar-refractivity contribution in [2.75, 3.05) is 26.2 Å². The van der Waals surface area contributed by atoms with E-state index in [1.54, 1.807) is 0 Å². The van der Waals surface area contributed by atoms with Crippen molar-refractivity contribution in [3.63, 3.8) is 0 Å². The molecule has 2 N–H and O–H groups in total. The Morgan fingerprint density at radius 3 is 2.75 bits per heavy atom. The van der Waals surface area contributed by atoms with E-state index in [-0.39, 0.29) is 6.10 Å². The predicted molar refractivity (Wildman–Crippen MR) is 79.0 cm³/mol. The third kappa shape index (κ3) is 3.57. The predicted octanol–water partition coefficient (Wildman–Crippen LogP) is 1.87. The van der Waals surface area contributed by atoms with Crippen LogP contribution < -0.4 is 5.73 Å². The van der Waals surface area contributed by atoms with Crippen molar-refractivity contribution in [1.82, 2.24) is 4.90 Å². The Bertz CT molecular complexity index is 451. The average Bonchev–Trinajstić information content (AvgIpc) is 3.00. The monoisotopic (exact) mass is 273 g/mol. The van der Waals surface area contributed by atoms with Gasteiger partial charge in [0.05, 0.1) is 12.2 Å². The maximum Gasteiger partial charge on any atom is 0.142 e. The number of rotatable bonds is 6. The SMILES string of the molecule is CCN(CC1CCCO1)CC(N)(C#N)c1ccccc1. The van der Waals surface area contributed by atoms with Crippen molar-refractivity contribution >= 4 is 0 Å². The first-order chi connectivity index (χ1) is 9.68. The molecule has 2 rings (SSSR count). The first-order valence-electron chi connectivity index (χ1n) is 7.27. The van der Waals surface area contributed by atoms with Gasteiger partial charge in [-0.2, -0.15) is 5.26 Å². The highest BCUT2D eigenvalue weighted by Crippen LogP contribution is 2.20. The number of hydrogen-bond acceptors (Lipinski definition) is 4. The highest BCUT2D eigenvalue weighted by atomic mass is 16.5. The number of ether oxygens (including phenoxy) is 1. The summed E-state index contributed by atoms with van der Waals surface area (Å²) in [6, 6.07) is 11.9. The topological polar surface area (TPSA) is 62.3 Å². The number of nitrogens with zero attached hydrogens (tertiary/aromatic N) is 2. The fraction of sp³-hybridized carbons (Fsp3) is 0.562. The summed E-state index contributed by atoms with van der Waals surface area (Å²) in [6.45, 7) is 5.20. The molecule has 0 radical (unpaired) electrons. The van der Waals surface area contributed by atoms with Gasteiger partial charge in [-0.3, -0.25) is 4.90 Å². The highest BCUT2D eigenvalue weighted by Gasteiger charge is 2.30. The molecule has 2 atom stereocenters. The molecule has 1 aromatic carbocycles. The minimum Gasteiger partial charge on any atom is -0.377 e. The van der Waals surface area contributed by atoms with Crippen LogP contribution in [0.5, 0.6) is 0 Å². The quantitative estimate of drug-likeness (QED) is 0.859. The molecule has 1 heterocycles. The van der Waals surface area contributed by atoms with Crippen LogP contribution in [0.3, 0.4) is 0 Å². The standard InChI is InChI=1S/C16H23N3O/c1-2-19(11-15-9-6-10-20-15)13-16(18,12-17)14-7-4-3-5-8-14/h3-5,7-8,15H,2,6,9-11,13,18H2,1H3. The molecule has 0 aliphatic carbocycles. The molecule has 1 aliphatic heterocycles. The lowest BCUT2D eigenvalue weighted by Gasteiger charge is -2.31. The summed E-state index contributed by atoms with van der Waals surface area (Å²) in [4.78, 5) is 2.21. The van der Waals surface area contributed by atoms with Crippen LogP contribution in [0.15, 0.2) is 30.3 Å². The molecule has 1 aliphatic rings. The number of hydrogen-bond donors (Lipinski definition) is 1. The number of benzene rings is 1. The summed E-state index contributed by atoms with van der Waals surface area (Å²) in [5.74, 6) is 0. The van der Waals surface area contributed by atoms with Gasteiger partial charge in [0.15, 0.2) is 0 Å². The molecular weight excluding hydrogens is 250 g/mol. The number of nitrogens with two attached hydrogens (primary N) is 1. The maximum absolute atomic E-state index is 9.51. The van der Waals surface area contributed by atoms with E-state index in [4.69, 9.17) is 10.5 Å². The molecule has 4 heteroatoms. The lowest BCUT2D eigenvalue weighted by molar-refractivity contribution is 0.0699. The lowest BCUT2D eigenvalue weighted by Crippen LogP contribution is -2.48. The summed E-state index contributed by atoms with van der Waals surface area (Å²) in [5.41, 5.74) is 6.23. The second-order valence-corrected chi connectivity index (χ2v) is 5.41. The fourth-order valence-electron chi connectivity index (χ4n) is 2.66. The zero-order chi connectivity index (χ0) is 14.4. The molecule has 20 heavy (non-hydrogen) atoms. The summed E-state index contributed by atoms with van der Waals surface area (Å²) >= 11 is 0. The van der Waals surface area contributed by atoms with Gasteiger partial charge >= 0.3 is 0 Å². The first-order valence-corrected chi connectivity index (χ1v) is 7.27. The van der Waals surface area contributed by atoms with Crippen LogP contribution in [0, 0.1) is 11.3 Å². The number of nitriles is 1. The van der Waals surface area contributed by atoms with E-state index in [1.165, 1.54) is 0 Å². The molecule has 2 unspecified atom stereocenters. The highest BCUT2D eigenvalue weighted by molar-refractivity contribution is 5.31. The Kier molecular flexibility index (Phi) is 5.13. The van der Waals surface area contributed by atoms with Gasteiger partial charge in [0.25, 0.3) is 0 Å². The Labute approximate surface area is 121 Å². The molecule has 0 spiro atoms. The van der Waals surface area contributed by atoms with Crippen LogP contribution in [0.2, 0.25) is 0 Å². The molecule has 0 amide bonds. The number of likely N-dealkylation sites (N-methyl/N-ethyl adjacent to an activating group) is 1. The molecule has 108 valence electrons. The van der Waals surface area contributed by atoms with E-state index < -0.39 is 5.54 Å². The van der Waals surface area contributed by atoms with Gasteiger partial charge < -0.3 is 10.5 Å². The Hall–Kier alpha value is -1.41. The minimum atomic E-state index is -0.962. The average molecular weight is 273 g/mol. The van der Waals surface area contributed by atoms with Gasteiger partial charge in [-0.1, -0.05) is 37.3 Å². The van der Waals surface area contributed by atoms with Crippen molar-refractivity contribution in [1.29, 1.82) is 5.26 Å². The molecule has 0 bridgehead atoms. The van der Waals surface area contributed by atoms with Crippen LogP contribution in [0.4, 0.5) is 0 Å². The van der Waals surface area contributed by atoms with E-state index in [9.17, 15) is 5.26 Å². The van der Waals surface area contributed by atoms with Gasteiger partial charge in [-0.25, -0.2) is 0 Å². The van der Waals surface area contributed by atoms with Crippen LogP contribution >= 0.6 is 0 Å². The molecule has 1 aromatic rings. The van der Waals surface area contributed by atoms with Crippen LogP contribution in [-0.2, 0) is 10.3 Å². The molecule has 1 saturated heterocycles. The van der Waals surface area contributed by atoms with E-state index in [2.05, 4.69) is 17.9 Å². The largest absolute Gasteiger partial charge is 0.377 e. The van der Waals surface area contributed by atoms with Crippen molar-refractivity contribution in [3.8, 4) is 6.07 Å². The molecule has 4 nitrogen and oxygen atoms in total. The van der Waals surface area contributed by atoms with Crippen molar-refractivity contribution in [3.05, 3.63) is 35.9 Å². The Balaban J connectivity index is 2.05.